The number of nitrogens with one attached hydrogen (secondary N) is 1. The standard InChI is InChI=1S/C13H22N4O/c14-13-9-12(15-16-13)10-3-5-17(6-4-10)7-8-18-11-1-2-11/h9-11H,1-8H2,(H3,14,15,16). The van der Waals surface area contributed by atoms with E-state index >= 15 is 0 Å². The van der Waals surface area contributed by atoms with Crippen LogP contribution in [0.4, 0.5) is 5.82 Å². The molecule has 3 rings (SSSR count). The minimum absolute atomic E-state index is 0.579. The molecule has 1 saturated carbocycles. The van der Waals surface area contributed by atoms with E-state index in [0.717, 1.165) is 26.2 Å². The fraction of sp³-hybridized carbons (Fsp3) is 0.769. The molecule has 1 aliphatic carbocycles. The van der Waals surface area contributed by atoms with Crippen molar-refractivity contribution in [1.29, 1.82) is 0 Å². The molecule has 1 saturated heterocycles. The lowest BCUT2D eigenvalue weighted by Crippen LogP contribution is -2.35. The number of hydrogen-bond acceptors (Lipinski definition) is 4. The highest BCUT2D eigenvalue weighted by Crippen LogP contribution is 2.27. The van der Waals surface area contributed by atoms with Crippen molar-refractivity contribution in [3.8, 4) is 0 Å². The third-order valence-corrected chi connectivity index (χ3v) is 3.93. The van der Waals surface area contributed by atoms with Crippen LogP contribution in [-0.2, 0) is 4.74 Å². The summed E-state index contributed by atoms with van der Waals surface area (Å²) in [6.45, 7) is 4.27. The van der Waals surface area contributed by atoms with E-state index in [4.69, 9.17) is 10.5 Å². The van der Waals surface area contributed by atoms with Crippen molar-refractivity contribution in [2.75, 3.05) is 32.0 Å². The molecule has 2 fully saturated rings. The van der Waals surface area contributed by atoms with E-state index < -0.39 is 0 Å². The van der Waals surface area contributed by atoms with Crippen molar-refractivity contribution in [2.45, 2.75) is 37.7 Å². The Morgan fingerprint density at radius 2 is 2.11 bits per heavy atom. The molecule has 2 aliphatic rings. The van der Waals surface area contributed by atoms with Crippen LogP contribution in [-0.4, -0.2) is 47.4 Å². The molecule has 100 valence electrons. The summed E-state index contributed by atoms with van der Waals surface area (Å²) in [6.07, 6.45) is 5.48. The fourth-order valence-electron chi connectivity index (χ4n) is 2.61. The van der Waals surface area contributed by atoms with Crippen molar-refractivity contribution in [1.82, 2.24) is 15.1 Å². The van der Waals surface area contributed by atoms with Crippen LogP contribution in [0, 0.1) is 0 Å². The molecular weight excluding hydrogens is 228 g/mol. The van der Waals surface area contributed by atoms with Gasteiger partial charge < -0.3 is 15.4 Å². The first-order chi connectivity index (χ1) is 8.81. The summed E-state index contributed by atoms with van der Waals surface area (Å²) < 4.78 is 5.70. The van der Waals surface area contributed by atoms with Crippen LogP contribution in [0.1, 0.15) is 37.3 Å². The van der Waals surface area contributed by atoms with Crippen LogP contribution in [0.25, 0.3) is 0 Å². The number of H-pyrrole nitrogens is 1. The van der Waals surface area contributed by atoms with Gasteiger partial charge in [0, 0.05) is 24.2 Å². The molecule has 0 aromatic carbocycles. The number of rotatable bonds is 5. The van der Waals surface area contributed by atoms with Gasteiger partial charge in [0.05, 0.1) is 12.7 Å². The highest BCUT2D eigenvalue weighted by Gasteiger charge is 2.24. The van der Waals surface area contributed by atoms with E-state index in [0.29, 0.717) is 17.8 Å². The zero-order chi connectivity index (χ0) is 12.4. The Morgan fingerprint density at radius 3 is 2.72 bits per heavy atom. The average Bonchev–Trinajstić information content (AvgIpc) is 3.11. The number of piperidine rings is 1. The van der Waals surface area contributed by atoms with E-state index in [2.05, 4.69) is 15.1 Å². The molecule has 0 atom stereocenters. The van der Waals surface area contributed by atoms with E-state index in [9.17, 15) is 0 Å². The third kappa shape index (κ3) is 3.03. The van der Waals surface area contributed by atoms with Crippen LogP contribution in [0.15, 0.2) is 6.07 Å². The number of hydrogen-bond donors (Lipinski definition) is 2. The van der Waals surface area contributed by atoms with Crippen LogP contribution in [0.3, 0.4) is 0 Å². The molecule has 0 amide bonds. The van der Waals surface area contributed by atoms with E-state index in [-0.39, 0.29) is 0 Å². The summed E-state index contributed by atoms with van der Waals surface area (Å²) in [7, 11) is 0. The van der Waals surface area contributed by atoms with Gasteiger partial charge >= 0.3 is 0 Å². The summed E-state index contributed by atoms with van der Waals surface area (Å²) in [4.78, 5) is 2.50. The van der Waals surface area contributed by atoms with Gasteiger partial charge in [0.2, 0.25) is 0 Å². The number of nitrogens with two attached hydrogens (primary N) is 1. The maximum Gasteiger partial charge on any atom is 0.145 e. The molecule has 1 aliphatic heterocycles. The zero-order valence-electron chi connectivity index (χ0n) is 10.8. The molecule has 1 aromatic rings. The maximum atomic E-state index is 5.70. The number of likely N-dealkylation sites (tertiary alicyclic amines) is 1. The second-order valence-electron chi connectivity index (χ2n) is 5.43. The first-order valence-corrected chi connectivity index (χ1v) is 6.96. The smallest absolute Gasteiger partial charge is 0.145 e. The lowest BCUT2D eigenvalue weighted by atomic mass is 9.94. The number of ether oxygens (including phenoxy) is 1. The predicted octanol–water partition coefficient (Wildman–Crippen LogP) is 1.35. The lowest BCUT2D eigenvalue weighted by molar-refractivity contribution is 0.0831. The van der Waals surface area contributed by atoms with Crippen molar-refractivity contribution >= 4 is 5.82 Å². The van der Waals surface area contributed by atoms with E-state index in [1.807, 2.05) is 6.07 Å². The molecule has 0 unspecified atom stereocenters. The molecule has 0 spiro atoms. The van der Waals surface area contributed by atoms with Gasteiger partial charge in [0.25, 0.3) is 0 Å². The minimum atomic E-state index is 0.579. The van der Waals surface area contributed by atoms with Crippen molar-refractivity contribution < 1.29 is 4.74 Å². The Hall–Kier alpha value is -1.07. The number of nitrogen functional groups attached to an aromatic ring is 1. The topological polar surface area (TPSA) is 67.2 Å². The van der Waals surface area contributed by atoms with E-state index in [1.54, 1.807) is 0 Å². The summed E-state index contributed by atoms with van der Waals surface area (Å²) in [6, 6.07) is 1.97. The number of aromatic nitrogens is 2. The van der Waals surface area contributed by atoms with Gasteiger partial charge in [-0.2, -0.15) is 5.10 Å². The first kappa shape index (κ1) is 12.0. The molecule has 0 radical (unpaired) electrons. The quantitative estimate of drug-likeness (QED) is 0.828. The lowest BCUT2D eigenvalue weighted by Gasteiger charge is -2.31. The SMILES string of the molecule is Nc1cc(C2CCN(CCOC3CC3)CC2)[nH]n1. The summed E-state index contributed by atoms with van der Waals surface area (Å²) in [5, 5.41) is 7.04. The molecular formula is C13H22N4O. The monoisotopic (exact) mass is 250 g/mol. The Labute approximate surface area is 108 Å². The van der Waals surface area contributed by atoms with Gasteiger partial charge in [-0.1, -0.05) is 0 Å². The Bertz CT molecular complexity index is 380. The van der Waals surface area contributed by atoms with Gasteiger partial charge in [-0.15, -0.1) is 0 Å². The van der Waals surface area contributed by atoms with Crippen LogP contribution >= 0.6 is 0 Å². The zero-order valence-corrected chi connectivity index (χ0v) is 10.8. The van der Waals surface area contributed by atoms with Crippen molar-refractivity contribution in [3.05, 3.63) is 11.8 Å². The second-order valence-corrected chi connectivity index (χ2v) is 5.43. The first-order valence-electron chi connectivity index (χ1n) is 6.96. The van der Waals surface area contributed by atoms with Gasteiger partial charge in [-0.3, -0.25) is 5.10 Å². The largest absolute Gasteiger partial charge is 0.382 e. The molecule has 3 N–H and O–H groups in total. The summed E-state index contributed by atoms with van der Waals surface area (Å²) in [5.41, 5.74) is 6.84. The number of anilines is 1. The van der Waals surface area contributed by atoms with Crippen LogP contribution in [0.2, 0.25) is 0 Å². The maximum absolute atomic E-state index is 5.70. The fourth-order valence-corrected chi connectivity index (χ4v) is 2.61. The second kappa shape index (κ2) is 5.28. The average molecular weight is 250 g/mol. The molecule has 0 bridgehead atoms. The molecule has 1 aromatic heterocycles. The van der Waals surface area contributed by atoms with Gasteiger partial charge in [0.1, 0.15) is 5.82 Å². The Kier molecular flexibility index (Phi) is 3.52. The normalized spacial score (nSPS) is 22.4. The Balaban J connectivity index is 1.40. The van der Waals surface area contributed by atoms with Gasteiger partial charge in [-0.05, 0) is 38.8 Å². The van der Waals surface area contributed by atoms with Gasteiger partial charge in [-0.25, -0.2) is 0 Å². The molecule has 5 heteroatoms. The van der Waals surface area contributed by atoms with Crippen LogP contribution < -0.4 is 5.73 Å². The summed E-state index contributed by atoms with van der Waals surface area (Å²) in [5.74, 6) is 1.20. The number of nitrogens with zero attached hydrogens (tertiary/aromatic N) is 2. The van der Waals surface area contributed by atoms with Crippen molar-refractivity contribution in [3.63, 3.8) is 0 Å². The summed E-state index contributed by atoms with van der Waals surface area (Å²) >= 11 is 0. The number of aromatic amines is 1. The predicted molar refractivity (Wildman–Crippen MR) is 70.4 cm³/mol. The highest BCUT2D eigenvalue weighted by molar-refractivity contribution is 5.30. The minimum Gasteiger partial charge on any atom is -0.382 e. The third-order valence-electron chi connectivity index (χ3n) is 3.93. The Morgan fingerprint density at radius 1 is 1.33 bits per heavy atom. The van der Waals surface area contributed by atoms with Crippen molar-refractivity contribution in [2.24, 2.45) is 0 Å². The molecule has 18 heavy (non-hydrogen) atoms. The van der Waals surface area contributed by atoms with Crippen LogP contribution in [0.5, 0.6) is 0 Å². The molecule has 5 nitrogen and oxygen atoms in total. The van der Waals surface area contributed by atoms with Gasteiger partial charge in [0.15, 0.2) is 0 Å². The molecule has 2 heterocycles. The highest BCUT2D eigenvalue weighted by atomic mass is 16.5. The van der Waals surface area contributed by atoms with E-state index in [1.165, 1.54) is 31.4 Å².